The molecule has 116 valence electrons. The maximum atomic E-state index is 12.8. The van der Waals surface area contributed by atoms with Crippen LogP contribution in [0, 0.1) is 5.92 Å². The summed E-state index contributed by atoms with van der Waals surface area (Å²) in [4.78, 5) is 7.95. The van der Waals surface area contributed by atoms with Gasteiger partial charge in [-0.1, -0.05) is 12.8 Å². The number of nitrogens with zero attached hydrogens (tertiary/aromatic N) is 3. The quantitative estimate of drug-likeness (QED) is 0.638. The molecule has 0 bridgehead atoms. The summed E-state index contributed by atoms with van der Waals surface area (Å²) in [5.41, 5.74) is 2.30. The average Bonchev–Trinajstić information content (AvgIpc) is 3.17. The zero-order valence-corrected chi connectivity index (χ0v) is 12.7. The zero-order valence-electron chi connectivity index (χ0n) is 11.9. The highest BCUT2D eigenvalue weighted by Crippen LogP contribution is 2.37. The fourth-order valence-electron chi connectivity index (χ4n) is 3.54. The third kappa shape index (κ3) is 2.75. The lowest BCUT2D eigenvalue weighted by Crippen LogP contribution is -2.39. The standard InChI is InChI=1S/C13H21N5O2S/c14-17-13-15-8-11(9-16-13)21(19,20)18-7-3-6-12(18)10-4-1-2-5-10/h8-10,12H,1-7,14H2,(H,15,16,17). The molecule has 8 heteroatoms. The highest BCUT2D eigenvalue weighted by atomic mass is 32.2. The van der Waals surface area contributed by atoms with Gasteiger partial charge in [-0.25, -0.2) is 24.2 Å². The third-order valence-corrected chi connectivity index (χ3v) is 6.43. The number of hydrazine groups is 1. The Bertz CT molecular complexity index is 583. The average molecular weight is 311 g/mol. The van der Waals surface area contributed by atoms with Gasteiger partial charge in [-0.05, 0) is 31.6 Å². The van der Waals surface area contributed by atoms with Crippen LogP contribution in [0.5, 0.6) is 0 Å². The monoisotopic (exact) mass is 311 g/mol. The van der Waals surface area contributed by atoms with Crippen molar-refractivity contribution in [1.82, 2.24) is 14.3 Å². The Morgan fingerprint density at radius 1 is 1.14 bits per heavy atom. The molecule has 1 aliphatic carbocycles. The number of hydrogen-bond donors (Lipinski definition) is 2. The van der Waals surface area contributed by atoms with Crippen LogP contribution in [0.4, 0.5) is 5.95 Å². The maximum Gasteiger partial charge on any atom is 0.246 e. The fourth-order valence-corrected chi connectivity index (χ4v) is 5.18. The Balaban J connectivity index is 1.85. The van der Waals surface area contributed by atoms with E-state index in [2.05, 4.69) is 15.4 Å². The third-order valence-electron chi connectivity index (χ3n) is 4.56. The van der Waals surface area contributed by atoms with Gasteiger partial charge < -0.3 is 0 Å². The van der Waals surface area contributed by atoms with E-state index in [1.54, 1.807) is 4.31 Å². The second-order valence-corrected chi connectivity index (χ2v) is 7.65. The Kier molecular flexibility index (Phi) is 4.10. The first kappa shape index (κ1) is 14.7. The minimum Gasteiger partial charge on any atom is -0.292 e. The Morgan fingerprint density at radius 3 is 2.43 bits per heavy atom. The molecule has 1 aromatic rings. The minimum atomic E-state index is -3.51. The molecular weight excluding hydrogens is 290 g/mol. The predicted molar refractivity (Wildman–Crippen MR) is 78.7 cm³/mol. The molecule has 2 heterocycles. The molecule has 1 unspecified atom stereocenters. The van der Waals surface area contributed by atoms with Crippen molar-refractivity contribution in [1.29, 1.82) is 0 Å². The molecule has 2 aliphatic rings. The lowest BCUT2D eigenvalue weighted by atomic mass is 9.97. The van der Waals surface area contributed by atoms with Gasteiger partial charge in [-0.3, -0.25) is 5.43 Å². The summed E-state index contributed by atoms with van der Waals surface area (Å²) in [6, 6.07) is 0.143. The Labute approximate surface area is 125 Å². The largest absolute Gasteiger partial charge is 0.292 e. The van der Waals surface area contributed by atoms with Crippen molar-refractivity contribution >= 4 is 16.0 Å². The zero-order chi connectivity index (χ0) is 14.9. The van der Waals surface area contributed by atoms with Gasteiger partial charge >= 0.3 is 0 Å². The number of nitrogens with two attached hydrogens (primary N) is 1. The van der Waals surface area contributed by atoms with Crippen LogP contribution in [0.2, 0.25) is 0 Å². The van der Waals surface area contributed by atoms with Crippen LogP contribution in [0.25, 0.3) is 0 Å². The van der Waals surface area contributed by atoms with E-state index in [0.717, 1.165) is 25.7 Å². The molecule has 1 atom stereocenters. The minimum absolute atomic E-state index is 0.143. The van der Waals surface area contributed by atoms with Crippen molar-refractivity contribution in [2.75, 3.05) is 12.0 Å². The van der Waals surface area contributed by atoms with E-state index in [-0.39, 0.29) is 16.9 Å². The second kappa shape index (κ2) is 5.86. The van der Waals surface area contributed by atoms with Crippen LogP contribution in [0.1, 0.15) is 38.5 Å². The van der Waals surface area contributed by atoms with Gasteiger partial charge in [0, 0.05) is 12.6 Å². The van der Waals surface area contributed by atoms with E-state index >= 15 is 0 Å². The highest BCUT2D eigenvalue weighted by molar-refractivity contribution is 7.89. The van der Waals surface area contributed by atoms with Crippen LogP contribution >= 0.6 is 0 Å². The van der Waals surface area contributed by atoms with Crippen LogP contribution in [-0.4, -0.2) is 35.3 Å². The summed E-state index contributed by atoms with van der Waals surface area (Å²) in [6.07, 6.45) is 9.26. The van der Waals surface area contributed by atoms with E-state index in [0.29, 0.717) is 12.5 Å². The molecule has 0 spiro atoms. The first-order valence-corrected chi connectivity index (χ1v) is 8.87. The molecule has 1 aromatic heterocycles. The number of nitrogens with one attached hydrogen (secondary N) is 1. The second-order valence-electron chi connectivity index (χ2n) is 5.76. The number of anilines is 1. The van der Waals surface area contributed by atoms with E-state index in [4.69, 9.17) is 5.84 Å². The molecule has 21 heavy (non-hydrogen) atoms. The number of nitrogen functional groups attached to an aromatic ring is 1. The molecule has 0 aromatic carbocycles. The van der Waals surface area contributed by atoms with Crippen LogP contribution in [0.3, 0.4) is 0 Å². The summed E-state index contributed by atoms with van der Waals surface area (Å²) in [7, 11) is -3.51. The Morgan fingerprint density at radius 2 is 1.81 bits per heavy atom. The van der Waals surface area contributed by atoms with Crippen molar-refractivity contribution in [2.45, 2.75) is 49.5 Å². The summed E-state index contributed by atoms with van der Waals surface area (Å²) >= 11 is 0. The van der Waals surface area contributed by atoms with Gasteiger partial charge in [0.05, 0.1) is 12.4 Å². The lowest BCUT2D eigenvalue weighted by molar-refractivity contribution is 0.288. The van der Waals surface area contributed by atoms with Crippen LogP contribution in [0.15, 0.2) is 17.3 Å². The van der Waals surface area contributed by atoms with Crippen molar-refractivity contribution in [2.24, 2.45) is 11.8 Å². The van der Waals surface area contributed by atoms with Gasteiger partial charge in [0.15, 0.2) is 0 Å². The van der Waals surface area contributed by atoms with Crippen LogP contribution in [-0.2, 0) is 10.0 Å². The molecule has 1 saturated carbocycles. The molecule has 1 aliphatic heterocycles. The predicted octanol–water partition coefficient (Wildman–Crippen LogP) is 1.11. The smallest absolute Gasteiger partial charge is 0.246 e. The van der Waals surface area contributed by atoms with E-state index < -0.39 is 10.0 Å². The summed E-state index contributed by atoms with van der Waals surface area (Å²) < 4.78 is 27.3. The SMILES string of the molecule is NNc1ncc(S(=O)(=O)N2CCCC2C2CCCC2)cn1. The summed E-state index contributed by atoms with van der Waals surface area (Å²) in [5.74, 6) is 5.92. The number of hydrogen-bond acceptors (Lipinski definition) is 6. The van der Waals surface area contributed by atoms with Crippen molar-refractivity contribution in [3.05, 3.63) is 12.4 Å². The van der Waals surface area contributed by atoms with Crippen molar-refractivity contribution in [3.8, 4) is 0 Å². The van der Waals surface area contributed by atoms with Gasteiger partial charge in [0.25, 0.3) is 0 Å². The van der Waals surface area contributed by atoms with E-state index in [9.17, 15) is 8.42 Å². The molecule has 0 amide bonds. The fraction of sp³-hybridized carbons (Fsp3) is 0.692. The number of aromatic nitrogens is 2. The van der Waals surface area contributed by atoms with E-state index in [1.807, 2.05) is 0 Å². The molecule has 1 saturated heterocycles. The van der Waals surface area contributed by atoms with E-state index in [1.165, 1.54) is 25.2 Å². The molecule has 3 rings (SSSR count). The first-order chi connectivity index (χ1) is 10.1. The van der Waals surface area contributed by atoms with Crippen LogP contribution < -0.4 is 11.3 Å². The summed E-state index contributed by atoms with van der Waals surface area (Å²) in [5, 5.41) is 0. The highest BCUT2D eigenvalue weighted by Gasteiger charge is 2.40. The van der Waals surface area contributed by atoms with Gasteiger partial charge in [-0.2, -0.15) is 4.31 Å². The summed E-state index contributed by atoms with van der Waals surface area (Å²) in [6.45, 7) is 0.598. The normalized spacial score (nSPS) is 24.5. The molecular formula is C13H21N5O2S. The number of sulfonamides is 1. The molecule has 0 radical (unpaired) electrons. The molecule has 3 N–H and O–H groups in total. The number of rotatable bonds is 4. The topological polar surface area (TPSA) is 101 Å². The van der Waals surface area contributed by atoms with Gasteiger partial charge in [0.1, 0.15) is 4.90 Å². The lowest BCUT2D eigenvalue weighted by Gasteiger charge is -2.28. The molecule has 2 fully saturated rings. The maximum absolute atomic E-state index is 12.8. The molecule has 7 nitrogen and oxygen atoms in total. The van der Waals surface area contributed by atoms with Gasteiger partial charge in [-0.15, -0.1) is 0 Å². The van der Waals surface area contributed by atoms with Crippen molar-refractivity contribution < 1.29 is 8.42 Å². The Hall–Kier alpha value is -1.25. The first-order valence-electron chi connectivity index (χ1n) is 7.43. The van der Waals surface area contributed by atoms with Crippen molar-refractivity contribution in [3.63, 3.8) is 0 Å². The van der Waals surface area contributed by atoms with Gasteiger partial charge in [0.2, 0.25) is 16.0 Å².